The second kappa shape index (κ2) is 7.18. The van der Waals surface area contributed by atoms with Crippen LogP contribution in [0.4, 0.5) is 0 Å². The first kappa shape index (κ1) is 17.3. The van der Waals surface area contributed by atoms with Gasteiger partial charge in [-0.2, -0.15) is 0 Å². The molecule has 0 saturated carbocycles. The first-order valence-corrected chi connectivity index (χ1v) is 7.91. The van der Waals surface area contributed by atoms with E-state index < -0.39 is 17.1 Å². The first-order chi connectivity index (χ1) is 12.5. The molecule has 0 amide bonds. The van der Waals surface area contributed by atoms with Gasteiger partial charge in [-0.1, -0.05) is 30.3 Å². The van der Waals surface area contributed by atoms with Gasteiger partial charge in [-0.25, -0.2) is 0 Å². The van der Waals surface area contributed by atoms with E-state index in [1.807, 2.05) is 0 Å². The van der Waals surface area contributed by atoms with Crippen LogP contribution >= 0.6 is 0 Å². The van der Waals surface area contributed by atoms with Crippen LogP contribution in [-0.4, -0.2) is 27.9 Å². The van der Waals surface area contributed by atoms with Gasteiger partial charge >= 0.3 is 5.97 Å². The van der Waals surface area contributed by atoms with Crippen molar-refractivity contribution in [3.63, 3.8) is 0 Å². The van der Waals surface area contributed by atoms with E-state index >= 15 is 0 Å². The molecule has 0 fully saturated rings. The Labute approximate surface area is 147 Å². The largest absolute Gasteiger partial charge is 0.504 e. The molecule has 0 unspecified atom stereocenters. The lowest BCUT2D eigenvalue weighted by molar-refractivity contribution is -0.137. The van der Waals surface area contributed by atoms with Gasteiger partial charge in [0.15, 0.2) is 17.3 Å². The Bertz CT molecular complexity index is 1010. The van der Waals surface area contributed by atoms with E-state index in [0.29, 0.717) is 5.56 Å². The molecular weight excluding hydrogens is 340 g/mol. The Balaban J connectivity index is 2.07. The fraction of sp³-hybridized carbons (Fsp3) is 0.158. The average Bonchev–Trinajstić information content (AvgIpc) is 2.63. The minimum Gasteiger partial charge on any atom is -0.504 e. The Morgan fingerprint density at radius 1 is 1.08 bits per heavy atom. The summed E-state index contributed by atoms with van der Waals surface area (Å²) in [6.45, 7) is -0.0143. The average molecular weight is 356 g/mol. The number of phenols is 1. The van der Waals surface area contributed by atoms with Crippen molar-refractivity contribution in [3.8, 4) is 28.6 Å². The highest BCUT2D eigenvalue weighted by molar-refractivity contribution is 5.89. The number of carbonyl (C=O) groups is 1. The number of hydrogen-bond acceptors (Lipinski definition) is 6. The second-order valence-corrected chi connectivity index (χ2v) is 5.61. The maximum Gasteiger partial charge on any atom is 0.303 e. The van der Waals surface area contributed by atoms with Crippen LogP contribution in [0.25, 0.3) is 22.3 Å². The third kappa shape index (κ3) is 3.32. The SMILES string of the molecule is O=C(O)CCCOc1c(O)ccc2oc(-c3ccccc3)c(O)c(=O)c12. The summed E-state index contributed by atoms with van der Waals surface area (Å²) in [5, 5.41) is 28.9. The Morgan fingerprint density at radius 3 is 2.50 bits per heavy atom. The quantitative estimate of drug-likeness (QED) is 0.581. The van der Waals surface area contributed by atoms with Gasteiger partial charge in [-0.05, 0) is 18.6 Å². The van der Waals surface area contributed by atoms with Crippen molar-refractivity contribution in [2.24, 2.45) is 0 Å². The number of fused-ring (bicyclic) bond motifs is 1. The first-order valence-electron chi connectivity index (χ1n) is 7.91. The summed E-state index contributed by atoms with van der Waals surface area (Å²) in [7, 11) is 0. The fourth-order valence-electron chi connectivity index (χ4n) is 2.56. The van der Waals surface area contributed by atoms with Gasteiger partial charge < -0.3 is 24.5 Å². The molecular formula is C19H16O7. The zero-order valence-corrected chi connectivity index (χ0v) is 13.6. The van der Waals surface area contributed by atoms with Crippen LogP contribution in [-0.2, 0) is 4.79 Å². The molecule has 2 aromatic carbocycles. The van der Waals surface area contributed by atoms with Crippen LogP contribution in [0, 0.1) is 0 Å². The molecule has 0 atom stereocenters. The summed E-state index contributed by atoms with van der Waals surface area (Å²) in [5.41, 5.74) is -0.0760. The molecule has 0 saturated heterocycles. The topological polar surface area (TPSA) is 117 Å². The van der Waals surface area contributed by atoms with Crippen molar-refractivity contribution in [2.45, 2.75) is 12.8 Å². The third-order valence-electron chi connectivity index (χ3n) is 3.79. The minimum atomic E-state index is -0.972. The summed E-state index contributed by atoms with van der Waals surface area (Å²) >= 11 is 0. The zero-order chi connectivity index (χ0) is 18.7. The smallest absolute Gasteiger partial charge is 0.303 e. The highest BCUT2D eigenvalue weighted by Crippen LogP contribution is 2.37. The molecule has 0 spiro atoms. The van der Waals surface area contributed by atoms with Gasteiger partial charge in [0.25, 0.3) is 0 Å². The lowest BCUT2D eigenvalue weighted by Crippen LogP contribution is -2.07. The molecule has 3 aromatic rings. The maximum absolute atomic E-state index is 12.6. The van der Waals surface area contributed by atoms with Crippen molar-refractivity contribution in [1.29, 1.82) is 0 Å². The van der Waals surface area contributed by atoms with E-state index in [4.69, 9.17) is 14.3 Å². The number of rotatable bonds is 6. The van der Waals surface area contributed by atoms with Crippen LogP contribution in [0.5, 0.6) is 17.2 Å². The molecule has 0 bridgehead atoms. The van der Waals surface area contributed by atoms with Crippen molar-refractivity contribution >= 4 is 16.9 Å². The molecule has 3 N–H and O–H groups in total. The Morgan fingerprint density at radius 2 is 1.81 bits per heavy atom. The van der Waals surface area contributed by atoms with E-state index in [1.165, 1.54) is 12.1 Å². The van der Waals surface area contributed by atoms with Crippen LogP contribution in [0.1, 0.15) is 12.8 Å². The normalized spacial score (nSPS) is 10.8. The molecule has 0 aliphatic rings. The van der Waals surface area contributed by atoms with E-state index in [1.54, 1.807) is 30.3 Å². The summed E-state index contributed by atoms with van der Waals surface area (Å²) in [5.74, 6) is -1.99. The summed E-state index contributed by atoms with van der Waals surface area (Å²) in [6, 6.07) is 11.4. The van der Waals surface area contributed by atoms with Crippen molar-refractivity contribution < 1.29 is 29.3 Å². The Hall–Kier alpha value is -3.48. The molecule has 0 aliphatic heterocycles. The predicted octanol–water partition coefficient (Wildman–Crippen LogP) is 3.11. The highest BCUT2D eigenvalue weighted by Gasteiger charge is 2.20. The van der Waals surface area contributed by atoms with Gasteiger partial charge in [0, 0.05) is 12.0 Å². The number of carboxylic acid groups (broad SMARTS) is 1. The van der Waals surface area contributed by atoms with Gasteiger partial charge in [-0.15, -0.1) is 0 Å². The standard InChI is InChI=1S/C19H16O7/c20-12-8-9-13-15(19(12)25-10-4-7-14(21)22)16(23)17(24)18(26-13)11-5-2-1-3-6-11/h1-3,5-6,8-9,20,24H,4,7,10H2,(H,21,22). The molecule has 7 nitrogen and oxygen atoms in total. The predicted molar refractivity (Wildman–Crippen MR) is 93.6 cm³/mol. The van der Waals surface area contributed by atoms with Gasteiger partial charge in [-0.3, -0.25) is 9.59 Å². The molecule has 1 heterocycles. The summed E-state index contributed by atoms with van der Waals surface area (Å²) in [6.07, 6.45) is 0.0914. The van der Waals surface area contributed by atoms with E-state index in [0.717, 1.165) is 0 Å². The van der Waals surface area contributed by atoms with E-state index in [-0.39, 0.29) is 47.7 Å². The number of aromatic hydroxyl groups is 2. The summed E-state index contributed by atoms with van der Waals surface area (Å²) < 4.78 is 11.1. The van der Waals surface area contributed by atoms with Gasteiger partial charge in [0.2, 0.25) is 11.2 Å². The van der Waals surface area contributed by atoms with Crippen LogP contribution in [0.15, 0.2) is 51.7 Å². The number of carboxylic acids is 1. The van der Waals surface area contributed by atoms with Crippen molar-refractivity contribution in [1.82, 2.24) is 0 Å². The second-order valence-electron chi connectivity index (χ2n) is 5.61. The number of aliphatic carboxylic acids is 1. The number of hydrogen-bond donors (Lipinski definition) is 3. The van der Waals surface area contributed by atoms with E-state index in [9.17, 15) is 19.8 Å². The zero-order valence-electron chi connectivity index (χ0n) is 13.6. The van der Waals surface area contributed by atoms with Gasteiger partial charge in [0.1, 0.15) is 11.0 Å². The maximum atomic E-state index is 12.6. The van der Waals surface area contributed by atoms with Crippen LogP contribution < -0.4 is 10.2 Å². The summed E-state index contributed by atoms with van der Waals surface area (Å²) in [4.78, 5) is 23.2. The number of ether oxygens (including phenoxy) is 1. The molecule has 3 rings (SSSR count). The lowest BCUT2D eigenvalue weighted by atomic mass is 10.1. The monoisotopic (exact) mass is 356 g/mol. The molecule has 134 valence electrons. The molecule has 1 aromatic heterocycles. The highest BCUT2D eigenvalue weighted by atomic mass is 16.5. The van der Waals surface area contributed by atoms with Crippen molar-refractivity contribution in [2.75, 3.05) is 6.61 Å². The molecule has 0 aliphatic carbocycles. The van der Waals surface area contributed by atoms with Gasteiger partial charge in [0.05, 0.1) is 6.61 Å². The van der Waals surface area contributed by atoms with Crippen molar-refractivity contribution in [3.05, 3.63) is 52.7 Å². The molecule has 26 heavy (non-hydrogen) atoms. The third-order valence-corrected chi connectivity index (χ3v) is 3.79. The fourth-order valence-corrected chi connectivity index (χ4v) is 2.56. The lowest BCUT2D eigenvalue weighted by Gasteiger charge is -2.12. The molecule has 0 radical (unpaired) electrons. The molecule has 7 heteroatoms. The minimum absolute atomic E-state index is 0.0143. The van der Waals surface area contributed by atoms with Crippen LogP contribution in [0.2, 0.25) is 0 Å². The van der Waals surface area contributed by atoms with Crippen LogP contribution in [0.3, 0.4) is 0 Å². The number of benzene rings is 2. The van der Waals surface area contributed by atoms with E-state index in [2.05, 4.69) is 0 Å². The Kier molecular flexibility index (Phi) is 4.79. The number of phenolic OH excluding ortho intramolecular Hbond substituents is 1.